The molecule has 0 saturated carbocycles. The molecule has 0 atom stereocenters. The molecule has 8 heteroatoms. The first kappa shape index (κ1) is 22.1. The van der Waals surface area contributed by atoms with Gasteiger partial charge in [-0.1, -0.05) is 43.7 Å². The number of hydrogen-bond acceptors (Lipinski definition) is 4. The zero-order valence-corrected chi connectivity index (χ0v) is 17.1. The number of unbranched alkanes of at least 4 members (excludes halogenated alkanes) is 1. The number of amides is 1. The molecule has 6 nitrogen and oxygen atoms in total. The van der Waals surface area contributed by atoms with Crippen molar-refractivity contribution in [1.82, 2.24) is 9.78 Å². The third-order valence-corrected chi connectivity index (χ3v) is 4.59. The smallest absolute Gasteiger partial charge is 0.387 e. The van der Waals surface area contributed by atoms with Gasteiger partial charge < -0.3 is 10.1 Å². The first-order valence-corrected chi connectivity index (χ1v) is 9.97. The first-order valence-electron chi connectivity index (χ1n) is 9.97. The molecule has 0 fully saturated rings. The largest absolute Gasteiger partial charge is 0.435 e. The highest BCUT2D eigenvalue weighted by Gasteiger charge is 2.14. The number of carbonyl (C=O) groups is 1. The SMILES string of the molecule is CCCCn1nc(C(=O)Nc2ccc(OC(F)F)c(Cc3ccccc3)c2)ccc1=O. The summed E-state index contributed by atoms with van der Waals surface area (Å²) in [5, 5.41) is 6.83. The average Bonchev–Trinajstić information content (AvgIpc) is 2.75. The van der Waals surface area contributed by atoms with Gasteiger partial charge in [-0.2, -0.15) is 13.9 Å². The molecule has 3 rings (SSSR count). The number of alkyl halides is 2. The van der Waals surface area contributed by atoms with Crippen molar-refractivity contribution in [2.24, 2.45) is 0 Å². The number of anilines is 1. The second-order valence-corrected chi connectivity index (χ2v) is 6.95. The van der Waals surface area contributed by atoms with E-state index in [0.717, 1.165) is 18.4 Å². The number of benzene rings is 2. The third kappa shape index (κ3) is 6.21. The van der Waals surface area contributed by atoms with E-state index in [9.17, 15) is 18.4 Å². The molecule has 0 unspecified atom stereocenters. The molecular formula is C23H23F2N3O3. The Morgan fingerprint density at radius 2 is 1.90 bits per heavy atom. The maximum atomic E-state index is 12.8. The van der Waals surface area contributed by atoms with Crippen molar-refractivity contribution >= 4 is 11.6 Å². The topological polar surface area (TPSA) is 73.2 Å². The molecule has 0 aliphatic heterocycles. The number of carbonyl (C=O) groups excluding carboxylic acids is 1. The van der Waals surface area contributed by atoms with E-state index in [4.69, 9.17) is 0 Å². The van der Waals surface area contributed by atoms with Gasteiger partial charge in [0.15, 0.2) is 0 Å². The van der Waals surface area contributed by atoms with Crippen molar-refractivity contribution in [3.63, 3.8) is 0 Å². The van der Waals surface area contributed by atoms with Gasteiger partial charge in [0.05, 0.1) is 0 Å². The minimum Gasteiger partial charge on any atom is -0.435 e. The molecular weight excluding hydrogens is 404 g/mol. The van der Waals surface area contributed by atoms with E-state index in [0.29, 0.717) is 24.2 Å². The Labute approximate surface area is 178 Å². The standard InChI is InChI=1S/C23H23F2N3O3/c1-2-3-13-28-21(29)12-10-19(27-28)22(30)26-18-9-11-20(31-23(24)25)17(15-18)14-16-7-5-4-6-8-16/h4-12,15,23H,2-3,13-14H2,1H3,(H,26,30). The van der Waals surface area contributed by atoms with Crippen LogP contribution >= 0.6 is 0 Å². The van der Waals surface area contributed by atoms with Gasteiger partial charge in [0.2, 0.25) is 0 Å². The predicted molar refractivity (Wildman–Crippen MR) is 114 cm³/mol. The number of nitrogens with one attached hydrogen (secondary N) is 1. The summed E-state index contributed by atoms with van der Waals surface area (Å²) in [6.07, 6.45) is 2.01. The Morgan fingerprint density at radius 3 is 2.61 bits per heavy atom. The molecule has 0 spiro atoms. The fourth-order valence-electron chi connectivity index (χ4n) is 3.06. The van der Waals surface area contributed by atoms with Crippen LogP contribution in [0.2, 0.25) is 0 Å². The zero-order chi connectivity index (χ0) is 22.2. The number of rotatable bonds is 9. The van der Waals surface area contributed by atoms with Gasteiger partial charge in [-0.25, -0.2) is 4.68 Å². The molecule has 0 bridgehead atoms. The zero-order valence-electron chi connectivity index (χ0n) is 17.1. The van der Waals surface area contributed by atoms with E-state index in [1.165, 1.54) is 28.9 Å². The number of hydrogen-bond donors (Lipinski definition) is 1. The van der Waals surface area contributed by atoms with Crippen molar-refractivity contribution in [2.75, 3.05) is 5.32 Å². The Kier molecular flexibility index (Phi) is 7.48. The van der Waals surface area contributed by atoms with Crippen LogP contribution in [0.15, 0.2) is 65.5 Å². The maximum absolute atomic E-state index is 12.8. The predicted octanol–water partition coefficient (Wildman–Crippen LogP) is 4.49. The van der Waals surface area contributed by atoms with Gasteiger partial charge in [-0.15, -0.1) is 0 Å². The summed E-state index contributed by atoms with van der Waals surface area (Å²) in [4.78, 5) is 24.5. The maximum Gasteiger partial charge on any atom is 0.387 e. The van der Waals surface area contributed by atoms with Crippen molar-refractivity contribution in [1.29, 1.82) is 0 Å². The van der Waals surface area contributed by atoms with Gasteiger partial charge in [0.1, 0.15) is 11.4 Å². The molecule has 1 aromatic heterocycles. The fraction of sp³-hybridized carbons (Fsp3) is 0.261. The van der Waals surface area contributed by atoms with Gasteiger partial charge in [0, 0.05) is 30.3 Å². The quantitative estimate of drug-likeness (QED) is 0.546. The normalized spacial score (nSPS) is 10.8. The van der Waals surface area contributed by atoms with Crippen molar-refractivity contribution in [3.8, 4) is 5.75 Å². The van der Waals surface area contributed by atoms with E-state index in [-0.39, 0.29) is 17.0 Å². The molecule has 0 aliphatic rings. The highest BCUT2D eigenvalue weighted by molar-refractivity contribution is 6.02. The summed E-state index contributed by atoms with van der Waals surface area (Å²) in [5.41, 5.74) is 1.64. The third-order valence-electron chi connectivity index (χ3n) is 4.59. The minimum atomic E-state index is -2.96. The van der Waals surface area contributed by atoms with E-state index >= 15 is 0 Å². The lowest BCUT2D eigenvalue weighted by molar-refractivity contribution is -0.0503. The highest BCUT2D eigenvalue weighted by atomic mass is 19.3. The average molecular weight is 427 g/mol. The molecule has 1 heterocycles. The fourth-order valence-corrected chi connectivity index (χ4v) is 3.06. The Balaban J connectivity index is 1.83. The minimum absolute atomic E-state index is 0.0445. The van der Waals surface area contributed by atoms with E-state index < -0.39 is 12.5 Å². The summed E-state index contributed by atoms with van der Waals surface area (Å²) in [7, 11) is 0. The van der Waals surface area contributed by atoms with Crippen LogP contribution in [0.3, 0.4) is 0 Å². The van der Waals surface area contributed by atoms with Crippen LogP contribution in [-0.4, -0.2) is 22.3 Å². The lowest BCUT2D eigenvalue weighted by Crippen LogP contribution is -2.26. The van der Waals surface area contributed by atoms with Crippen LogP contribution in [0.1, 0.15) is 41.4 Å². The van der Waals surface area contributed by atoms with Gasteiger partial charge >= 0.3 is 6.61 Å². The molecule has 0 saturated heterocycles. The Hall–Kier alpha value is -3.55. The second-order valence-electron chi connectivity index (χ2n) is 6.95. The Morgan fingerprint density at radius 1 is 1.13 bits per heavy atom. The molecule has 0 aliphatic carbocycles. The van der Waals surface area contributed by atoms with Crippen LogP contribution in [0, 0.1) is 0 Å². The lowest BCUT2D eigenvalue weighted by atomic mass is 10.0. The number of aromatic nitrogens is 2. The molecule has 162 valence electrons. The van der Waals surface area contributed by atoms with Crippen LogP contribution in [0.25, 0.3) is 0 Å². The van der Waals surface area contributed by atoms with Crippen molar-refractivity contribution < 1.29 is 18.3 Å². The molecule has 1 amide bonds. The summed E-state index contributed by atoms with van der Waals surface area (Å²) < 4.78 is 31.5. The molecule has 2 aromatic carbocycles. The summed E-state index contributed by atoms with van der Waals surface area (Å²) in [5.74, 6) is -0.457. The van der Waals surface area contributed by atoms with Gasteiger partial charge in [-0.05, 0) is 36.2 Å². The number of halogens is 2. The van der Waals surface area contributed by atoms with E-state index in [1.54, 1.807) is 6.07 Å². The van der Waals surface area contributed by atoms with Crippen LogP contribution in [-0.2, 0) is 13.0 Å². The Bertz CT molecular complexity index is 1080. The number of aryl methyl sites for hydroxylation is 1. The first-order chi connectivity index (χ1) is 15.0. The second kappa shape index (κ2) is 10.5. The van der Waals surface area contributed by atoms with Crippen molar-refractivity contribution in [2.45, 2.75) is 39.3 Å². The van der Waals surface area contributed by atoms with E-state index in [1.807, 2.05) is 37.3 Å². The highest BCUT2D eigenvalue weighted by Crippen LogP contribution is 2.27. The van der Waals surface area contributed by atoms with Crippen LogP contribution in [0.5, 0.6) is 5.75 Å². The van der Waals surface area contributed by atoms with Crippen molar-refractivity contribution in [3.05, 3.63) is 87.8 Å². The number of nitrogens with zero attached hydrogens (tertiary/aromatic N) is 2. The van der Waals surface area contributed by atoms with Crippen LogP contribution < -0.4 is 15.6 Å². The van der Waals surface area contributed by atoms with Gasteiger partial charge in [0.25, 0.3) is 11.5 Å². The summed E-state index contributed by atoms with van der Waals surface area (Å²) in [6.45, 7) is -0.531. The van der Waals surface area contributed by atoms with Gasteiger partial charge in [-0.3, -0.25) is 9.59 Å². The molecule has 1 N–H and O–H groups in total. The monoisotopic (exact) mass is 427 g/mol. The van der Waals surface area contributed by atoms with E-state index in [2.05, 4.69) is 15.2 Å². The molecule has 31 heavy (non-hydrogen) atoms. The number of ether oxygens (including phenoxy) is 1. The lowest BCUT2D eigenvalue weighted by Gasteiger charge is -2.14. The molecule has 3 aromatic rings. The molecule has 0 radical (unpaired) electrons. The summed E-state index contributed by atoms with van der Waals surface area (Å²) >= 11 is 0. The van der Waals surface area contributed by atoms with Crippen LogP contribution in [0.4, 0.5) is 14.5 Å². The summed E-state index contributed by atoms with van der Waals surface area (Å²) in [6, 6.07) is 16.5.